The normalized spacial score (nSPS) is 21.4. The summed E-state index contributed by atoms with van der Waals surface area (Å²) in [6, 6.07) is 18.2. The van der Waals surface area contributed by atoms with Crippen molar-refractivity contribution in [3.63, 3.8) is 0 Å². The zero-order valence-electron chi connectivity index (χ0n) is 18.5. The Hall–Kier alpha value is -2.46. The van der Waals surface area contributed by atoms with Crippen molar-refractivity contribution in [2.75, 3.05) is 14.1 Å². The highest BCUT2D eigenvalue weighted by Crippen LogP contribution is 2.35. The molecule has 0 radical (unpaired) electrons. The van der Waals surface area contributed by atoms with Crippen LogP contribution in [0.2, 0.25) is 0 Å². The van der Waals surface area contributed by atoms with Gasteiger partial charge in [0.1, 0.15) is 0 Å². The molecule has 4 nitrogen and oxygen atoms in total. The first kappa shape index (κ1) is 22.2. The van der Waals surface area contributed by atoms with E-state index in [-0.39, 0.29) is 36.1 Å². The third-order valence-corrected chi connectivity index (χ3v) is 6.52. The number of amides is 1. The summed E-state index contributed by atoms with van der Waals surface area (Å²) in [5, 5.41) is 3.17. The number of hydrogen-bond donors (Lipinski definition) is 1. The van der Waals surface area contributed by atoms with Crippen LogP contribution in [0.1, 0.15) is 60.0 Å². The molecule has 0 aliphatic heterocycles. The average Bonchev–Trinajstić information content (AvgIpc) is 2.74. The van der Waals surface area contributed by atoms with Gasteiger partial charge in [-0.1, -0.05) is 60.2 Å². The second-order valence-electron chi connectivity index (χ2n) is 8.92. The molecule has 4 heteroatoms. The second kappa shape index (κ2) is 10.0. The fourth-order valence-electron chi connectivity index (χ4n) is 4.58. The molecule has 2 aromatic carbocycles. The van der Waals surface area contributed by atoms with Crippen molar-refractivity contribution in [1.82, 2.24) is 10.2 Å². The van der Waals surface area contributed by atoms with E-state index in [1.165, 1.54) is 11.1 Å². The van der Waals surface area contributed by atoms with E-state index in [1.54, 1.807) is 12.1 Å². The summed E-state index contributed by atoms with van der Waals surface area (Å²) in [6.07, 6.45) is 5.62. The van der Waals surface area contributed by atoms with E-state index in [0.29, 0.717) is 5.56 Å². The molecule has 3 rings (SSSR count). The van der Waals surface area contributed by atoms with E-state index < -0.39 is 0 Å². The lowest BCUT2D eigenvalue weighted by Crippen LogP contribution is -2.52. The van der Waals surface area contributed by atoms with Crippen LogP contribution in [0.25, 0.3) is 0 Å². The van der Waals surface area contributed by atoms with Gasteiger partial charge in [-0.25, -0.2) is 0 Å². The molecule has 1 N–H and O–H groups in total. The lowest BCUT2D eigenvalue weighted by molar-refractivity contribution is -0.122. The number of carbonyl (C=O) groups excluding carboxylic acids is 2. The number of likely N-dealkylation sites (N-methyl/N-ethyl adjacent to an activating group) is 1. The van der Waals surface area contributed by atoms with Crippen LogP contribution >= 0.6 is 0 Å². The van der Waals surface area contributed by atoms with E-state index in [9.17, 15) is 9.59 Å². The van der Waals surface area contributed by atoms with Crippen LogP contribution in [0.5, 0.6) is 0 Å². The van der Waals surface area contributed by atoms with Gasteiger partial charge in [0.05, 0.1) is 0 Å². The number of hydrogen-bond acceptors (Lipinski definition) is 3. The Kier molecular flexibility index (Phi) is 7.43. The van der Waals surface area contributed by atoms with Crippen LogP contribution in [0, 0.1) is 6.92 Å². The Bertz CT molecular complexity index is 852. The van der Waals surface area contributed by atoms with Crippen molar-refractivity contribution in [3.8, 4) is 0 Å². The number of rotatable bonds is 8. The van der Waals surface area contributed by atoms with Crippen molar-refractivity contribution in [2.45, 2.75) is 63.5 Å². The standard InChI is InChI=1S/C26H34N2O2/c1-20-8-7-9-21(18-20)19-26(28(2)3)16-14-23(15-17-26)27-25(30)13-12-24(29)22-10-5-4-6-11-22/h4-11,18,23H,12-17,19H2,1-3H3,(H,27,30). The molecule has 0 spiro atoms. The first-order valence-corrected chi connectivity index (χ1v) is 11.0. The predicted molar refractivity (Wildman–Crippen MR) is 122 cm³/mol. The quantitative estimate of drug-likeness (QED) is 0.654. The van der Waals surface area contributed by atoms with Gasteiger partial charge in [-0.2, -0.15) is 0 Å². The summed E-state index contributed by atoms with van der Waals surface area (Å²) in [6.45, 7) is 2.14. The number of nitrogens with one attached hydrogen (secondary N) is 1. The number of carbonyl (C=O) groups is 2. The molecular weight excluding hydrogens is 372 g/mol. The zero-order chi connectivity index (χ0) is 21.6. The molecule has 0 bridgehead atoms. The van der Waals surface area contributed by atoms with Gasteiger partial charge in [-0.15, -0.1) is 0 Å². The molecule has 160 valence electrons. The summed E-state index contributed by atoms with van der Waals surface area (Å²) in [5.41, 5.74) is 3.49. The first-order valence-electron chi connectivity index (χ1n) is 11.0. The van der Waals surface area contributed by atoms with E-state index in [2.05, 4.69) is 55.5 Å². The summed E-state index contributed by atoms with van der Waals surface area (Å²) in [4.78, 5) is 27.0. The van der Waals surface area contributed by atoms with Gasteiger partial charge >= 0.3 is 0 Å². The Labute approximate surface area is 180 Å². The van der Waals surface area contributed by atoms with Gasteiger partial charge in [-0.3, -0.25) is 9.59 Å². The molecule has 0 unspecified atom stereocenters. The molecule has 30 heavy (non-hydrogen) atoms. The van der Waals surface area contributed by atoms with Crippen LogP contribution in [-0.4, -0.2) is 42.3 Å². The maximum Gasteiger partial charge on any atom is 0.220 e. The molecular formula is C26H34N2O2. The summed E-state index contributed by atoms with van der Waals surface area (Å²) < 4.78 is 0. The molecule has 1 aliphatic carbocycles. The highest BCUT2D eigenvalue weighted by atomic mass is 16.2. The van der Waals surface area contributed by atoms with Crippen LogP contribution in [0.4, 0.5) is 0 Å². The van der Waals surface area contributed by atoms with Crippen molar-refractivity contribution in [2.24, 2.45) is 0 Å². The molecule has 0 atom stereocenters. The Morgan fingerprint density at radius 3 is 2.33 bits per heavy atom. The summed E-state index contributed by atoms with van der Waals surface area (Å²) in [5.74, 6) is 0.0134. The van der Waals surface area contributed by atoms with Crippen LogP contribution in [0.3, 0.4) is 0 Å². The molecule has 1 fully saturated rings. The Morgan fingerprint density at radius 1 is 1.00 bits per heavy atom. The molecule has 2 aromatic rings. The highest BCUT2D eigenvalue weighted by molar-refractivity contribution is 5.97. The van der Waals surface area contributed by atoms with E-state index in [4.69, 9.17) is 0 Å². The van der Waals surface area contributed by atoms with Gasteiger partial charge in [0.15, 0.2) is 5.78 Å². The van der Waals surface area contributed by atoms with Crippen molar-refractivity contribution < 1.29 is 9.59 Å². The summed E-state index contributed by atoms with van der Waals surface area (Å²) >= 11 is 0. The average molecular weight is 407 g/mol. The third kappa shape index (κ3) is 5.79. The van der Waals surface area contributed by atoms with Gasteiger partial charge in [0.25, 0.3) is 0 Å². The zero-order valence-corrected chi connectivity index (χ0v) is 18.5. The predicted octanol–water partition coefficient (Wildman–Crippen LogP) is 4.56. The lowest BCUT2D eigenvalue weighted by Gasteiger charge is -2.45. The van der Waals surface area contributed by atoms with E-state index in [1.807, 2.05) is 18.2 Å². The maximum atomic E-state index is 12.4. The lowest BCUT2D eigenvalue weighted by atomic mass is 9.74. The van der Waals surface area contributed by atoms with Crippen LogP contribution < -0.4 is 5.32 Å². The largest absolute Gasteiger partial charge is 0.353 e. The molecule has 1 aliphatic rings. The van der Waals surface area contributed by atoms with Crippen LogP contribution in [0.15, 0.2) is 54.6 Å². The van der Waals surface area contributed by atoms with Crippen LogP contribution in [-0.2, 0) is 11.2 Å². The monoisotopic (exact) mass is 406 g/mol. The molecule has 1 saturated carbocycles. The van der Waals surface area contributed by atoms with Crippen molar-refractivity contribution in [3.05, 3.63) is 71.3 Å². The minimum Gasteiger partial charge on any atom is -0.353 e. The van der Waals surface area contributed by atoms with Gasteiger partial charge in [0, 0.05) is 30.0 Å². The summed E-state index contributed by atoms with van der Waals surface area (Å²) in [7, 11) is 4.34. The van der Waals surface area contributed by atoms with Crippen molar-refractivity contribution in [1.29, 1.82) is 0 Å². The highest BCUT2D eigenvalue weighted by Gasteiger charge is 2.37. The first-order chi connectivity index (χ1) is 14.4. The smallest absolute Gasteiger partial charge is 0.220 e. The minimum atomic E-state index is -0.0136. The fourth-order valence-corrected chi connectivity index (χ4v) is 4.58. The van der Waals surface area contributed by atoms with Gasteiger partial charge in [-0.05, 0) is 58.7 Å². The molecule has 0 heterocycles. The topological polar surface area (TPSA) is 49.4 Å². The molecule has 1 amide bonds. The van der Waals surface area contributed by atoms with E-state index >= 15 is 0 Å². The second-order valence-corrected chi connectivity index (χ2v) is 8.92. The number of aryl methyl sites for hydroxylation is 1. The third-order valence-electron chi connectivity index (χ3n) is 6.52. The van der Waals surface area contributed by atoms with Gasteiger partial charge < -0.3 is 10.2 Å². The number of ketones is 1. The van der Waals surface area contributed by atoms with E-state index in [0.717, 1.165) is 32.1 Å². The number of Topliss-reactive ketones (excluding diaryl/α,β-unsaturated/α-hetero) is 1. The maximum absolute atomic E-state index is 12.4. The number of nitrogens with zero attached hydrogens (tertiary/aromatic N) is 1. The molecule has 0 saturated heterocycles. The van der Waals surface area contributed by atoms with Crippen molar-refractivity contribution >= 4 is 11.7 Å². The Morgan fingerprint density at radius 2 is 1.70 bits per heavy atom. The number of benzene rings is 2. The SMILES string of the molecule is Cc1cccc(CC2(N(C)C)CCC(NC(=O)CCC(=O)c3ccccc3)CC2)c1. The fraction of sp³-hybridized carbons (Fsp3) is 0.462. The van der Waals surface area contributed by atoms with Gasteiger partial charge in [0.2, 0.25) is 5.91 Å². The Balaban J connectivity index is 1.49. The minimum absolute atomic E-state index is 0.0136. The molecule has 0 aromatic heterocycles.